The Morgan fingerprint density at radius 2 is 1.83 bits per heavy atom. The van der Waals surface area contributed by atoms with Crippen molar-refractivity contribution < 1.29 is 19.1 Å². The number of benzene rings is 1. The molecule has 24 heavy (non-hydrogen) atoms. The van der Waals surface area contributed by atoms with Crippen LogP contribution < -0.4 is 15.8 Å². The first-order valence-corrected chi connectivity index (χ1v) is 8.44. The van der Waals surface area contributed by atoms with Gasteiger partial charge in [0.2, 0.25) is 0 Å². The second kappa shape index (κ2) is 9.27. The molecule has 1 aliphatic carbocycles. The van der Waals surface area contributed by atoms with Crippen LogP contribution in [0.4, 0.5) is 0 Å². The van der Waals surface area contributed by atoms with E-state index in [0.717, 1.165) is 31.4 Å². The molecule has 1 amide bonds. The van der Waals surface area contributed by atoms with Crippen LogP contribution in [0.5, 0.6) is 5.75 Å². The third-order valence-electron chi connectivity index (χ3n) is 4.33. The molecule has 132 valence electrons. The van der Waals surface area contributed by atoms with Gasteiger partial charge in [-0.15, -0.1) is 0 Å². The molecule has 1 aromatic rings. The Labute approximate surface area is 142 Å². The lowest BCUT2D eigenvalue weighted by atomic mass is 9.85. The molecule has 6 heteroatoms. The van der Waals surface area contributed by atoms with Gasteiger partial charge >= 0.3 is 5.97 Å². The van der Waals surface area contributed by atoms with Crippen molar-refractivity contribution >= 4 is 11.9 Å². The number of hydrogen-bond acceptors (Lipinski definition) is 5. The summed E-state index contributed by atoms with van der Waals surface area (Å²) in [5, 5.41) is 2.73. The van der Waals surface area contributed by atoms with E-state index in [-0.39, 0.29) is 18.0 Å². The van der Waals surface area contributed by atoms with E-state index in [4.69, 9.17) is 15.2 Å². The number of carbonyl (C=O) groups excluding carboxylic acids is 2. The predicted octanol–water partition coefficient (Wildman–Crippen LogP) is 1.88. The van der Waals surface area contributed by atoms with E-state index in [1.807, 2.05) is 12.1 Å². The maximum atomic E-state index is 11.8. The summed E-state index contributed by atoms with van der Waals surface area (Å²) >= 11 is 0. The standard InChI is InChI=1S/C18H26N2O4/c1-23-17(21)12-13-2-6-15(7-3-13)24-16-8-4-14(5-9-16)18(22)20-11-10-19/h4-5,8-9,13,15H,2-3,6-7,10-12,19H2,1H3,(H,20,22)/t13-,15+. The van der Waals surface area contributed by atoms with Gasteiger partial charge in [0.05, 0.1) is 13.2 Å². The quantitative estimate of drug-likeness (QED) is 0.743. The molecule has 0 unspecified atom stereocenters. The Morgan fingerprint density at radius 3 is 2.42 bits per heavy atom. The summed E-state index contributed by atoms with van der Waals surface area (Å²) in [5.74, 6) is 0.894. The second-order valence-corrected chi connectivity index (χ2v) is 6.11. The zero-order valence-electron chi connectivity index (χ0n) is 14.1. The number of hydrogen-bond donors (Lipinski definition) is 2. The molecule has 0 bridgehead atoms. The zero-order valence-corrected chi connectivity index (χ0v) is 14.1. The average Bonchev–Trinajstić information content (AvgIpc) is 2.61. The molecule has 0 saturated heterocycles. The lowest BCUT2D eigenvalue weighted by Crippen LogP contribution is -2.29. The van der Waals surface area contributed by atoms with Crippen LogP contribution in [-0.2, 0) is 9.53 Å². The van der Waals surface area contributed by atoms with E-state index in [0.29, 0.717) is 31.0 Å². The molecule has 0 atom stereocenters. The van der Waals surface area contributed by atoms with Crippen LogP contribution in [0.1, 0.15) is 42.5 Å². The molecular weight excluding hydrogens is 308 g/mol. The minimum absolute atomic E-state index is 0.129. The van der Waals surface area contributed by atoms with Gasteiger partial charge in [0.1, 0.15) is 5.75 Å². The first-order chi connectivity index (χ1) is 11.6. The number of esters is 1. The van der Waals surface area contributed by atoms with E-state index in [1.165, 1.54) is 7.11 Å². The summed E-state index contributed by atoms with van der Waals surface area (Å²) in [6.45, 7) is 0.886. The van der Waals surface area contributed by atoms with Crippen molar-refractivity contribution in [2.45, 2.75) is 38.2 Å². The van der Waals surface area contributed by atoms with Crippen molar-refractivity contribution in [2.24, 2.45) is 11.7 Å². The Kier molecular flexibility index (Phi) is 7.06. The molecule has 0 heterocycles. The first-order valence-electron chi connectivity index (χ1n) is 8.44. The lowest BCUT2D eigenvalue weighted by molar-refractivity contribution is -0.142. The van der Waals surface area contributed by atoms with Gasteiger partial charge in [-0.1, -0.05) is 0 Å². The maximum Gasteiger partial charge on any atom is 0.305 e. The van der Waals surface area contributed by atoms with Crippen molar-refractivity contribution in [1.29, 1.82) is 0 Å². The monoisotopic (exact) mass is 334 g/mol. The summed E-state index contributed by atoms with van der Waals surface area (Å²) < 4.78 is 10.7. The molecule has 0 aliphatic heterocycles. The summed E-state index contributed by atoms with van der Waals surface area (Å²) in [4.78, 5) is 23.1. The van der Waals surface area contributed by atoms with Crippen molar-refractivity contribution in [3.63, 3.8) is 0 Å². The van der Waals surface area contributed by atoms with Crippen LogP contribution in [0.2, 0.25) is 0 Å². The van der Waals surface area contributed by atoms with Crippen LogP contribution in [0.3, 0.4) is 0 Å². The third-order valence-corrected chi connectivity index (χ3v) is 4.33. The molecule has 1 fully saturated rings. The smallest absolute Gasteiger partial charge is 0.305 e. The lowest BCUT2D eigenvalue weighted by Gasteiger charge is -2.28. The summed E-state index contributed by atoms with van der Waals surface area (Å²) in [5.41, 5.74) is 5.96. The molecule has 1 saturated carbocycles. The van der Waals surface area contributed by atoms with E-state index in [1.54, 1.807) is 12.1 Å². The van der Waals surface area contributed by atoms with E-state index in [2.05, 4.69) is 5.32 Å². The largest absolute Gasteiger partial charge is 0.490 e. The summed E-state index contributed by atoms with van der Waals surface area (Å²) in [6, 6.07) is 7.14. The van der Waals surface area contributed by atoms with Gasteiger partial charge in [-0.3, -0.25) is 9.59 Å². The number of rotatable bonds is 7. The first kappa shape index (κ1) is 18.3. The average molecular weight is 334 g/mol. The minimum atomic E-state index is -0.136. The number of nitrogens with one attached hydrogen (secondary N) is 1. The SMILES string of the molecule is COC(=O)C[C@H]1CC[C@@H](Oc2ccc(C(=O)NCCN)cc2)CC1. The van der Waals surface area contributed by atoms with Gasteiger partial charge in [0.15, 0.2) is 0 Å². The number of nitrogens with two attached hydrogens (primary N) is 1. The van der Waals surface area contributed by atoms with Crippen LogP contribution >= 0.6 is 0 Å². The molecule has 3 N–H and O–H groups in total. The molecule has 2 rings (SSSR count). The van der Waals surface area contributed by atoms with E-state index < -0.39 is 0 Å². The molecule has 0 aromatic heterocycles. The number of carbonyl (C=O) groups is 2. The normalized spacial score (nSPS) is 20.2. The Balaban J connectivity index is 1.78. The van der Waals surface area contributed by atoms with Crippen LogP contribution in [0.15, 0.2) is 24.3 Å². The highest BCUT2D eigenvalue weighted by Crippen LogP contribution is 2.29. The Morgan fingerprint density at radius 1 is 1.17 bits per heavy atom. The molecule has 0 radical (unpaired) electrons. The minimum Gasteiger partial charge on any atom is -0.490 e. The maximum absolute atomic E-state index is 11.8. The van der Waals surface area contributed by atoms with Gasteiger partial charge in [-0.25, -0.2) is 0 Å². The highest BCUT2D eigenvalue weighted by molar-refractivity contribution is 5.94. The molecule has 6 nitrogen and oxygen atoms in total. The van der Waals surface area contributed by atoms with Crippen LogP contribution in [0.25, 0.3) is 0 Å². The van der Waals surface area contributed by atoms with Gasteiger partial charge < -0.3 is 20.5 Å². The number of amides is 1. The highest BCUT2D eigenvalue weighted by atomic mass is 16.5. The fraction of sp³-hybridized carbons (Fsp3) is 0.556. The number of methoxy groups -OCH3 is 1. The van der Waals surface area contributed by atoms with Gasteiger partial charge in [0.25, 0.3) is 5.91 Å². The van der Waals surface area contributed by atoms with Gasteiger partial charge in [0, 0.05) is 25.1 Å². The molecule has 1 aliphatic rings. The second-order valence-electron chi connectivity index (χ2n) is 6.11. The van der Waals surface area contributed by atoms with Crippen molar-refractivity contribution in [3.05, 3.63) is 29.8 Å². The van der Waals surface area contributed by atoms with E-state index >= 15 is 0 Å². The fourth-order valence-corrected chi connectivity index (χ4v) is 2.94. The summed E-state index contributed by atoms with van der Waals surface area (Å²) in [7, 11) is 1.43. The highest BCUT2D eigenvalue weighted by Gasteiger charge is 2.24. The van der Waals surface area contributed by atoms with Crippen molar-refractivity contribution in [3.8, 4) is 5.75 Å². The third kappa shape index (κ3) is 5.53. The molecule has 1 aromatic carbocycles. The Bertz CT molecular complexity index is 536. The van der Waals surface area contributed by atoms with Gasteiger partial charge in [-0.05, 0) is 55.9 Å². The van der Waals surface area contributed by atoms with Crippen LogP contribution in [0, 0.1) is 5.92 Å². The zero-order chi connectivity index (χ0) is 17.4. The topological polar surface area (TPSA) is 90.6 Å². The van der Waals surface area contributed by atoms with Gasteiger partial charge in [-0.2, -0.15) is 0 Å². The molecular formula is C18H26N2O4. The van der Waals surface area contributed by atoms with E-state index in [9.17, 15) is 9.59 Å². The summed E-state index contributed by atoms with van der Waals surface area (Å²) in [6.07, 6.45) is 4.46. The Hall–Kier alpha value is -2.08. The van der Waals surface area contributed by atoms with Crippen LogP contribution in [-0.4, -0.2) is 38.2 Å². The number of ether oxygens (including phenoxy) is 2. The fourth-order valence-electron chi connectivity index (χ4n) is 2.94. The predicted molar refractivity (Wildman–Crippen MR) is 90.8 cm³/mol. The van der Waals surface area contributed by atoms with Crippen molar-refractivity contribution in [2.75, 3.05) is 20.2 Å². The van der Waals surface area contributed by atoms with Crippen molar-refractivity contribution in [1.82, 2.24) is 5.32 Å². The molecule has 0 spiro atoms.